The molecule has 0 aliphatic carbocycles. The van der Waals surface area contributed by atoms with Gasteiger partial charge in [0.1, 0.15) is 5.69 Å². The molecule has 0 unspecified atom stereocenters. The number of amides is 1. The molecule has 1 heterocycles. The second-order valence-electron chi connectivity index (χ2n) is 5.19. The summed E-state index contributed by atoms with van der Waals surface area (Å²) >= 11 is 0. The summed E-state index contributed by atoms with van der Waals surface area (Å²) in [7, 11) is 0. The lowest BCUT2D eigenvalue weighted by atomic mass is 10.0. The number of carbonyl (C=O) groups is 1. The molecule has 0 fully saturated rings. The third-order valence-corrected chi connectivity index (χ3v) is 3.71. The number of aromatic nitrogens is 2. The number of nitrogens with one attached hydrogen (secondary N) is 2. The zero-order valence-electron chi connectivity index (χ0n) is 12.9. The van der Waals surface area contributed by atoms with Gasteiger partial charge in [0.25, 0.3) is 0 Å². The van der Waals surface area contributed by atoms with Crippen LogP contribution in [-0.4, -0.2) is 16.1 Å². The smallest absolute Gasteiger partial charge is 0.308 e. The standard InChI is InChI=1S/C16H18F3N3O/c1-3-10(4-2)15(23)20-14-12(11-8-6-5-7-9-11)13(21-22-14)16(17,18)19/h5-10H,3-4H2,1-2H3,(H2,20,21,22,23). The predicted octanol–water partition coefficient (Wildman–Crippen LogP) is 4.47. The molecule has 1 aromatic heterocycles. The van der Waals surface area contributed by atoms with Crippen LogP contribution in [0.2, 0.25) is 0 Å². The molecule has 2 N–H and O–H groups in total. The molecule has 0 aliphatic heterocycles. The number of carbonyl (C=O) groups excluding carboxylic acids is 1. The molecule has 0 atom stereocenters. The third kappa shape index (κ3) is 3.72. The topological polar surface area (TPSA) is 57.8 Å². The van der Waals surface area contributed by atoms with Gasteiger partial charge in [0, 0.05) is 5.92 Å². The van der Waals surface area contributed by atoms with Crippen LogP contribution in [-0.2, 0) is 11.0 Å². The van der Waals surface area contributed by atoms with Gasteiger partial charge in [0.05, 0.1) is 5.56 Å². The maximum absolute atomic E-state index is 13.2. The molecule has 23 heavy (non-hydrogen) atoms. The van der Waals surface area contributed by atoms with Gasteiger partial charge in [-0.15, -0.1) is 0 Å². The van der Waals surface area contributed by atoms with E-state index < -0.39 is 11.9 Å². The maximum atomic E-state index is 13.2. The minimum atomic E-state index is -4.59. The van der Waals surface area contributed by atoms with E-state index in [2.05, 4.69) is 10.4 Å². The normalized spacial score (nSPS) is 11.7. The van der Waals surface area contributed by atoms with Gasteiger partial charge in [-0.3, -0.25) is 9.89 Å². The Labute approximate surface area is 132 Å². The molecule has 1 amide bonds. The van der Waals surface area contributed by atoms with Gasteiger partial charge >= 0.3 is 6.18 Å². The molecule has 0 saturated heterocycles. The van der Waals surface area contributed by atoms with Crippen molar-refractivity contribution in [1.82, 2.24) is 10.2 Å². The van der Waals surface area contributed by atoms with Gasteiger partial charge in [-0.1, -0.05) is 44.2 Å². The molecule has 7 heteroatoms. The lowest BCUT2D eigenvalue weighted by molar-refractivity contribution is -0.140. The van der Waals surface area contributed by atoms with Crippen LogP contribution < -0.4 is 5.32 Å². The maximum Gasteiger partial charge on any atom is 0.433 e. The molecule has 2 aromatic rings. The molecule has 124 valence electrons. The van der Waals surface area contributed by atoms with E-state index >= 15 is 0 Å². The highest BCUT2D eigenvalue weighted by molar-refractivity contribution is 5.96. The van der Waals surface area contributed by atoms with Crippen molar-refractivity contribution in [2.24, 2.45) is 5.92 Å². The second-order valence-corrected chi connectivity index (χ2v) is 5.19. The Morgan fingerprint density at radius 3 is 2.35 bits per heavy atom. The van der Waals surface area contributed by atoms with Crippen LogP contribution in [0.4, 0.5) is 19.0 Å². The van der Waals surface area contributed by atoms with E-state index in [1.54, 1.807) is 30.3 Å². The highest BCUT2D eigenvalue weighted by Crippen LogP contribution is 2.39. The predicted molar refractivity (Wildman–Crippen MR) is 81.7 cm³/mol. The lowest BCUT2D eigenvalue weighted by Crippen LogP contribution is -2.22. The van der Waals surface area contributed by atoms with Gasteiger partial charge in [-0.05, 0) is 18.4 Å². The van der Waals surface area contributed by atoms with E-state index in [-0.39, 0.29) is 23.2 Å². The fraction of sp³-hybridized carbons (Fsp3) is 0.375. The summed E-state index contributed by atoms with van der Waals surface area (Å²) in [5, 5.41) is 8.20. The summed E-state index contributed by atoms with van der Waals surface area (Å²) in [6.45, 7) is 3.72. The molecular formula is C16H18F3N3O. The average molecular weight is 325 g/mol. The zero-order chi connectivity index (χ0) is 17.0. The lowest BCUT2D eigenvalue weighted by Gasteiger charge is -2.13. The first-order valence-corrected chi connectivity index (χ1v) is 7.40. The van der Waals surface area contributed by atoms with E-state index in [9.17, 15) is 18.0 Å². The number of hydrogen-bond acceptors (Lipinski definition) is 2. The average Bonchev–Trinajstić information content (AvgIpc) is 2.93. The molecule has 0 saturated carbocycles. The van der Waals surface area contributed by atoms with Crippen molar-refractivity contribution >= 4 is 11.7 Å². The van der Waals surface area contributed by atoms with Crippen molar-refractivity contribution in [1.29, 1.82) is 0 Å². The number of halogens is 3. The van der Waals surface area contributed by atoms with Gasteiger partial charge in [0.15, 0.2) is 5.82 Å². The minimum Gasteiger partial charge on any atom is -0.308 e. The number of aromatic amines is 1. The number of benzene rings is 1. The van der Waals surface area contributed by atoms with E-state index in [4.69, 9.17) is 0 Å². The molecule has 0 bridgehead atoms. The van der Waals surface area contributed by atoms with Gasteiger partial charge in [0.2, 0.25) is 5.91 Å². The number of anilines is 1. The van der Waals surface area contributed by atoms with Crippen molar-refractivity contribution in [2.75, 3.05) is 5.32 Å². The summed E-state index contributed by atoms with van der Waals surface area (Å²) < 4.78 is 39.6. The Bertz CT molecular complexity index is 661. The van der Waals surface area contributed by atoms with Crippen LogP contribution in [0.3, 0.4) is 0 Å². The van der Waals surface area contributed by atoms with Crippen LogP contribution >= 0.6 is 0 Å². The first-order chi connectivity index (χ1) is 10.9. The Balaban J connectivity index is 2.45. The SMILES string of the molecule is CCC(CC)C(=O)Nc1n[nH]c(C(F)(F)F)c1-c1ccccc1. The molecule has 1 aromatic carbocycles. The van der Waals surface area contributed by atoms with E-state index in [1.165, 1.54) is 0 Å². The quantitative estimate of drug-likeness (QED) is 0.852. The van der Waals surface area contributed by atoms with Crippen molar-refractivity contribution in [2.45, 2.75) is 32.9 Å². The van der Waals surface area contributed by atoms with Crippen molar-refractivity contribution in [3.8, 4) is 11.1 Å². The van der Waals surface area contributed by atoms with Crippen molar-refractivity contribution in [3.05, 3.63) is 36.0 Å². The van der Waals surface area contributed by atoms with Crippen molar-refractivity contribution < 1.29 is 18.0 Å². The van der Waals surface area contributed by atoms with Gasteiger partial charge in [-0.25, -0.2) is 0 Å². The first-order valence-electron chi connectivity index (χ1n) is 7.40. The number of rotatable bonds is 5. The number of hydrogen-bond donors (Lipinski definition) is 2. The highest BCUT2D eigenvalue weighted by Gasteiger charge is 2.38. The number of alkyl halides is 3. The molecule has 0 spiro atoms. The molecule has 4 nitrogen and oxygen atoms in total. The Morgan fingerprint density at radius 2 is 1.83 bits per heavy atom. The second kappa shape index (κ2) is 6.85. The minimum absolute atomic E-state index is 0.0968. The number of H-pyrrole nitrogens is 1. The van der Waals surface area contributed by atoms with Gasteiger partial charge < -0.3 is 5.32 Å². The Kier molecular flexibility index (Phi) is 5.08. The summed E-state index contributed by atoms with van der Waals surface area (Å²) in [5.41, 5.74) is -0.769. The summed E-state index contributed by atoms with van der Waals surface area (Å²) in [5.74, 6) is -0.683. The summed E-state index contributed by atoms with van der Waals surface area (Å²) in [6, 6.07) is 8.07. The Hall–Kier alpha value is -2.31. The first kappa shape index (κ1) is 17.1. The van der Waals surface area contributed by atoms with E-state index in [0.29, 0.717) is 18.4 Å². The molecule has 0 radical (unpaired) electrons. The molecule has 0 aliphatic rings. The van der Waals surface area contributed by atoms with Crippen LogP contribution in [0, 0.1) is 5.92 Å². The largest absolute Gasteiger partial charge is 0.433 e. The fourth-order valence-electron chi connectivity index (χ4n) is 2.40. The molecular weight excluding hydrogens is 307 g/mol. The number of nitrogens with zero attached hydrogens (tertiary/aromatic N) is 1. The van der Waals surface area contributed by atoms with Crippen LogP contribution in [0.25, 0.3) is 11.1 Å². The zero-order valence-corrected chi connectivity index (χ0v) is 12.9. The Morgan fingerprint density at radius 1 is 1.22 bits per heavy atom. The summed E-state index contributed by atoms with van der Waals surface area (Å²) in [6.07, 6.45) is -3.37. The van der Waals surface area contributed by atoms with Gasteiger partial charge in [-0.2, -0.15) is 18.3 Å². The van der Waals surface area contributed by atoms with Crippen LogP contribution in [0.5, 0.6) is 0 Å². The summed E-state index contributed by atoms with van der Waals surface area (Å²) in [4.78, 5) is 12.2. The highest BCUT2D eigenvalue weighted by atomic mass is 19.4. The fourth-order valence-corrected chi connectivity index (χ4v) is 2.40. The van der Waals surface area contributed by atoms with Crippen molar-refractivity contribution in [3.63, 3.8) is 0 Å². The van der Waals surface area contributed by atoms with E-state index in [1.807, 2.05) is 18.9 Å². The van der Waals surface area contributed by atoms with Crippen LogP contribution in [0.15, 0.2) is 30.3 Å². The van der Waals surface area contributed by atoms with E-state index in [0.717, 1.165) is 0 Å². The molecule has 2 rings (SSSR count). The third-order valence-electron chi connectivity index (χ3n) is 3.71. The monoisotopic (exact) mass is 325 g/mol. The van der Waals surface area contributed by atoms with Crippen LogP contribution in [0.1, 0.15) is 32.4 Å².